The first kappa shape index (κ1) is 23.7. The maximum absolute atomic E-state index is 12.7. The fourth-order valence-electron chi connectivity index (χ4n) is 3.14. The quantitative estimate of drug-likeness (QED) is 0.406. The number of ether oxygens (including phenoxy) is 1. The Labute approximate surface area is 188 Å². The highest BCUT2D eigenvalue weighted by Crippen LogP contribution is 2.31. The number of carboxylic acids is 1. The van der Waals surface area contributed by atoms with Gasteiger partial charge in [-0.2, -0.15) is 13.2 Å². The second-order valence-corrected chi connectivity index (χ2v) is 8.24. The molecule has 0 aliphatic rings. The third kappa shape index (κ3) is 6.26. The molecule has 32 heavy (non-hydrogen) atoms. The molecule has 4 nitrogen and oxygen atoms in total. The Bertz CT molecular complexity index is 1100. The molecule has 0 spiro atoms. The average molecular weight is 462 g/mol. The Morgan fingerprint density at radius 3 is 2.38 bits per heavy atom. The molecular weight excluding hydrogens is 439 g/mol. The zero-order chi connectivity index (χ0) is 23.3. The van der Waals surface area contributed by atoms with Gasteiger partial charge in [0.2, 0.25) is 0 Å². The molecule has 1 N–H and O–H groups in total. The van der Waals surface area contributed by atoms with Crippen LogP contribution in [0.25, 0.3) is 11.3 Å². The molecule has 0 unspecified atom stereocenters. The minimum atomic E-state index is -4.36. The standard InChI is InChI=1S/C24H22F3NO3S/c1-15-13-20(8-10-22(15)32-14-23(29)30)31-12-11-17-5-9-21(28-16(17)2)18-3-6-19(7-4-18)24(25,26)27/h3-10,13H,11-12,14H2,1-2H3,(H,29,30). The van der Waals surface area contributed by atoms with Gasteiger partial charge in [-0.1, -0.05) is 18.2 Å². The molecule has 2 aromatic carbocycles. The van der Waals surface area contributed by atoms with Crippen molar-refractivity contribution in [2.24, 2.45) is 0 Å². The van der Waals surface area contributed by atoms with E-state index in [0.29, 0.717) is 30.0 Å². The van der Waals surface area contributed by atoms with Crippen LogP contribution in [0.1, 0.15) is 22.4 Å². The maximum Gasteiger partial charge on any atom is 0.416 e. The first-order valence-electron chi connectivity index (χ1n) is 9.85. The van der Waals surface area contributed by atoms with Crippen molar-refractivity contribution in [2.45, 2.75) is 31.3 Å². The van der Waals surface area contributed by atoms with Crippen molar-refractivity contribution in [2.75, 3.05) is 12.4 Å². The molecule has 0 aliphatic carbocycles. The van der Waals surface area contributed by atoms with E-state index in [1.165, 1.54) is 23.9 Å². The highest BCUT2D eigenvalue weighted by molar-refractivity contribution is 8.00. The number of alkyl halides is 3. The lowest BCUT2D eigenvalue weighted by Gasteiger charge is -2.12. The molecule has 1 aromatic heterocycles. The van der Waals surface area contributed by atoms with Crippen LogP contribution in [0.4, 0.5) is 13.2 Å². The van der Waals surface area contributed by atoms with Crippen LogP contribution in [0.3, 0.4) is 0 Å². The number of carboxylic acid groups (broad SMARTS) is 1. The normalized spacial score (nSPS) is 11.4. The smallest absolute Gasteiger partial charge is 0.416 e. The van der Waals surface area contributed by atoms with Gasteiger partial charge in [0.1, 0.15) is 5.75 Å². The number of thioether (sulfide) groups is 1. The zero-order valence-corrected chi connectivity index (χ0v) is 18.4. The number of carbonyl (C=O) groups is 1. The summed E-state index contributed by atoms with van der Waals surface area (Å²) < 4.78 is 44.0. The number of hydrogen-bond acceptors (Lipinski definition) is 4. The number of aliphatic carboxylic acids is 1. The Morgan fingerprint density at radius 1 is 1.06 bits per heavy atom. The number of pyridine rings is 1. The number of halogens is 3. The second-order valence-electron chi connectivity index (χ2n) is 7.22. The number of aryl methyl sites for hydroxylation is 2. The zero-order valence-electron chi connectivity index (χ0n) is 17.6. The lowest BCUT2D eigenvalue weighted by Crippen LogP contribution is -2.05. The van der Waals surface area contributed by atoms with Gasteiger partial charge in [-0.05, 0) is 61.4 Å². The van der Waals surface area contributed by atoms with Crippen LogP contribution in [-0.4, -0.2) is 28.4 Å². The van der Waals surface area contributed by atoms with Gasteiger partial charge in [0.05, 0.1) is 23.6 Å². The van der Waals surface area contributed by atoms with E-state index in [4.69, 9.17) is 9.84 Å². The fourth-order valence-corrected chi connectivity index (χ4v) is 3.87. The fraction of sp³-hybridized carbons (Fsp3) is 0.250. The Balaban J connectivity index is 1.59. The van der Waals surface area contributed by atoms with E-state index in [0.717, 1.165) is 33.8 Å². The van der Waals surface area contributed by atoms with Crippen molar-refractivity contribution >= 4 is 17.7 Å². The topological polar surface area (TPSA) is 59.4 Å². The molecule has 0 radical (unpaired) electrons. The number of rotatable bonds is 8. The summed E-state index contributed by atoms with van der Waals surface area (Å²) in [5, 5.41) is 8.80. The molecule has 168 valence electrons. The molecule has 0 atom stereocenters. The lowest BCUT2D eigenvalue weighted by molar-refractivity contribution is -0.137. The van der Waals surface area contributed by atoms with Gasteiger partial charge in [-0.15, -0.1) is 11.8 Å². The summed E-state index contributed by atoms with van der Waals surface area (Å²) in [6.45, 7) is 4.20. The highest BCUT2D eigenvalue weighted by Gasteiger charge is 2.30. The van der Waals surface area contributed by atoms with Crippen LogP contribution in [0.2, 0.25) is 0 Å². The molecule has 8 heteroatoms. The first-order valence-corrected chi connectivity index (χ1v) is 10.8. The van der Waals surface area contributed by atoms with E-state index < -0.39 is 17.7 Å². The molecule has 0 saturated heterocycles. The molecular formula is C24H22F3NO3S. The molecule has 3 aromatic rings. The summed E-state index contributed by atoms with van der Waals surface area (Å²) in [5.41, 5.74) is 3.29. The summed E-state index contributed by atoms with van der Waals surface area (Å²) in [6.07, 6.45) is -3.73. The summed E-state index contributed by atoms with van der Waals surface area (Å²) >= 11 is 1.27. The maximum atomic E-state index is 12.7. The van der Waals surface area contributed by atoms with Crippen LogP contribution in [0.5, 0.6) is 5.75 Å². The summed E-state index contributed by atoms with van der Waals surface area (Å²) in [5.74, 6) is -0.146. The lowest BCUT2D eigenvalue weighted by atomic mass is 10.1. The molecule has 0 bridgehead atoms. The third-order valence-electron chi connectivity index (χ3n) is 4.84. The van der Waals surface area contributed by atoms with Crippen molar-refractivity contribution in [3.8, 4) is 17.0 Å². The highest BCUT2D eigenvalue weighted by atomic mass is 32.2. The van der Waals surface area contributed by atoms with E-state index in [1.807, 2.05) is 38.1 Å². The van der Waals surface area contributed by atoms with Gasteiger partial charge in [0, 0.05) is 22.6 Å². The van der Waals surface area contributed by atoms with Gasteiger partial charge in [-0.25, -0.2) is 0 Å². The second kappa shape index (κ2) is 10.1. The van der Waals surface area contributed by atoms with E-state index in [1.54, 1.807) is 6.07 Å². The molecule has 3 rings (SSSR count). The minimum Gasteiger partial charge on any atom is -0.493 e. The number of benzene rings is 2. The predicted octanol–water partition coefficient (Wildman–Crippen LogP) is 6.18. The van der Waals surface area contributed by atoms with Crippen molar-refractivity contribution in [3.63, 3.8) is 0 Å². The van der Waals surface area contributed by atoms with Gasteiger partial charge in [0.15, 0.2) is 0 Å². The van der Waals surface area contributed by atoms with Gasteiger partial charge in [-0.3, -0.25) is 9.78 Å². The van der Waals surface area contributed by atoms with Crippen molar-refractivity contribution in [1.82, 2.24) is 4.98 Å². The summed E-state index contributed by atoms with van der Waals surface area (Å²) in [7, 11) is 0. The Morgan fingerprint density at radius 2 is 1.78 bits per heavy atom. The third-order valence-corrected chi connectivity index (χ3v) is 6.00. The number of aromatic nitrogens is 1. The van der Waals surface area contributed by atoms with Gasteiger partial charge < -0.3 is 9.84 Å². The van der Waals surface area contributed by atoms with Crippen LogP contribution in [0.15, 0.2) is 59.5 Å². The van der Waals surface area contributed by atoms with Gasteiger partial charge in [0.25, 0.3) is 0 Å². The Hall–Kier alpha value is -3.00. The monoisotopic (exact) mass is 461 g/mol. The van der Waals surface area contributed by atoms with Crippen LogP contribution < -0.4 is 4.74 Å². The molecule has 0 amide bonds. The average Bonchev–Trinajstić information content (AvgIpc) is 2.73. The first-order chi connectivity index (χ1) is 15.1. The number of hydrogen-bond donors (Lipinski definition) is 1. The van der Waals surface area contributed by atoms with Crippen molar-refractivity contribution in [3.05, 3.63) is 77.0 Å². The van der Waals surface area contributed by atoms with Crippen LogP contribution in [-0.2, 0) is 17.4 Å². The summed E-state index contributed by atoms with van der Waals surface area (Å²) in [6, 6.07) is 14.2. The predicted molar refractivity (Wildman–Crippen MR) is 118 cm³/mol. The molecule has 0 fully saturated rings. The van der Waals surface area contributed by atoms with Crippen LogP contribution >= 0.6 is 11.8 Å². The largest absolute Gasteiger partial charge is 0.493 e. The van der Waals surface area contributed by atoms with Gasteiger partial charge >= 0.3 is 12.1 Å². The minimum absolute atomic E-state index is 0.00971. The van der Waals surface area contributed by atoms with Crippen molar-refractivity contribution in [1.29, 1.82) is 0 Å². The molecule has 0 aliphatic heterocycles. The van der Waals surface area contributed by atoms with E-state index >= 15 is 0 Å². The van der Waals surface area contributed by atoms with E-state index in [-0.39, 0.29) is 5.75 Å². The molecule has 0 saturated carbocycles. The number of nitrogens with zero attached hydrogens (tertiary/aromatic N) is 1. The summed E-state index contributed by atoms with van der Waals surface area (Å²) in [4.78, 5) is 16.1. The molecule has 1 heterocycles. The Kier molecular flexibility index (Phi) is 7.45. The van der Waals surface area contributed by atoms with Crippen LogP contribution in [0, 0.1) is 13.8 Å². The van der Waals surface area contributed by atoms with E-state index in [9.17, 15) is 18.0 Å². The van der Waals surface area contributed by atoms with Crippen molar-refractivity contribution < 1.29 is 27.8 Å². The SMILES string of the molecule is Cc1cc(OCCc2ccc(-c3ccc(C(F)(F)F)cc3)nc2C)ccc1SCC(=O)O. The van der Waals surface area contributed by atoms with E-state index in [2.05, 4.69) is 4.98 Å².